The third kappa shape index (κ3) is 4.22. The number of methoxy groups -OCH3 is 1. The summed E-state index contributed by atoms with van der Waals surface area (Å²) in [4.78, 5) is 11.7. The van der Waals surface area contributed by atoms with Gasteiger partial charge in [-0.1, -0.05) is 0 Å². The highest BCUT2D eigenvalue weighted by Crippen LogP contribution is 2.20. The van der Waals surface area contributed by atoms with E-state index in [-0.39, 0.29) is 5.78 Å². The second-order valence-electron chi connectivity index (χ2n) is 3.85. The minimum Gasteiger partial charge on any atom is -0.383 e. The highest BCUT2D eigenvalue weighted by atomic mass is 79.9. The molecule has 0 radical (unpaired) electrons. The topological polar surface area (TPSA) is 56.1 Å². The van der Waals surface area contributed by atoms with E-state index in [1.54, 1.807) is 11.8 Å². The van der Waals surface area contributed by atoms with Crippen LogP contribution in [-0.2, 0) is 23.0 Å². The lowest BCUT2D eigenvalue weighted by Crippen LogP contribution is -2.27. The van der Waals surface area contributed by atoms with E-state index in [0.29, 0.717) is 26.1 Å². The molecule has 0 fully saturated rings. The summed E-state index contributed by atoms with van der Waals surface area (Å²) in [5, 5.41) is 7.28. The molecule has 96 valence electrons. The van der Waals surface area contributed by atoms with Crippen LogP contribution in [0.4, 0.5) is 0 Å². The Labute approximate surface area is 110 Å². The molecule has 0 saturated carbocycles. The number of aromatic nitrogens is 2. The molecule has 0 aliphatic heterocycles. The van der Waals surface area contributed by atoms with Crippen LogP contribution < -0.4 is 5.32 Å². The van der Waals surface area contributed by atoms with Crippen LogP contribution in [0, 0.1) is 6.92 Å². The lowest BCUT2D eigenvalue weighted by molar-refractivity contribution is -0.117. The van der Waals surface area contributed by atoms with Crippen molar-refractivity contribution in [3.05, 3.63) is 15.9 Å². The normalized spacial score (nSPS) is 10.8. The lowest BCUT2D eigenvalue weighted by Gasteiger charge is -2.04. The fourth-order valence-electron chi connectivity index (χ4n) is 1.52. The fraction of sp³-hybridized carbons (Fsp3) is 0.636. The quantitative estimate of drug-likeness (QED) is 0.759. The zero-order valence-electron chi connectivity index (χ0n) is 10.4. The molecule has 17 heavy (non-hydrogen) atoms. The summed E-state index contributed by atoms with van der Waals surface area (Å²) in [6, 6.07) is 0. The molecule has 1 N–H and O–H groups in total. The molecule has 1 aromatic rings. The molecular formula is C11H18BrN3O2. The van der Waals surface area contributed by atoms with Crippen molar-refractivity contribution in [1.29, 1.82) is 0 Å². The Bertz CT molecular complexity index is 390. The number of Topliss-reactive ketones (excluding diaryl/α,β-unsaturated/α-hetero) is 1. The third-order valence-electron chi connectivity index (χ3n) is 2.43. The average Bonchev–Trinajstić information content (AvgIpc) is 2.52. The number of carbonyl (C=O) groups excluding carboxylic acids is 1. The monoisotopic (exact) mass is 303 g/mol. The minimum atomic E-state index is 0.143. The van der Waals surface area contributed by atoms with Gasteiger partial charge in [0.05, 0.1) is 35.4 Å². The van der Waals surface area contributed by atoms with E-state index in [2.05, 4.69) is 26.3 Å². The molecule has 0 amide bonds. The van der Waals surface area contributed by atoms with Gasteiger partial charge in [-0.25, -0.2) is 0 Å². The number of nitrogens with one attached hydrogen (secondary N) is 1. The van der Waals surface area contributed by atoms with Gasteiger partial charge in [0.1, 0.15) is 0 Å². The molecule has 0 aromatic carbocycles. The first kappa shape index (κ1) is 14.3. The number of aryl methyl sites for hydroxylation is 2. The predicted octanol–water partition coefficient (Wildman–Crippen LogP) is 0.839. The molecule has 1 rings (SSSR count). The van der Waals surface area contributed by atoms with E-state index in [9.17, 15) is 4.79 Å². The molecule has 0 saturated heterocycles. The van der Waals surface area contributed by atoms with E-state index in [0.717, 1.165) is 15.9 Å². The van der Waals surface area contributed by atoms with E-state index in [1.165, 1.54) is 0 Å². The van der Waals surface area contributed by atoms with Crippen LogP contribution >= 0.6 is 15.9 Å². The van der Waals surface area contributed by atoms with Crippen LogP contribution in [0.3, 0.4) is 0 Å². The Balaban J connectivity index is 2.45. The number of nitrogens with zero attached hydrogens (tertiary/aromatic N) is 2. The van der Waals surface area contributed by atoms with Crippen molar-refractivity contribution < 1.29 is 9.53 Å². The van der Waals surface area contributed by atoms with Gasteiger partial charge in [-0.15, -0.1) is 0 Å². The van der Waals surface area contributed by atoms with Crippen molar-refractivity contribution >= 4 is 21.7 Å². The Kier molecular flexibility index (Phi) is 5.80. The van der Waals surface area contributed by atoms with Crippen LogP contribution in [0.5, 0.6) is 0 Å². The first-order valence-electron chi connectivity index (χ1n) is 5.45. The number of rotatable bonds is 7. The number of hydrogen-bond donors (Lipinski definition) is 1. The van der Waals surface area contributed by atoms with E-state index >= 15 is 0 Å². The van der Waals surface area contributed by atoms with Crippen LogP contribution in [0.15, 0.2) is 4.47 Å². The number of halogens is 1. The molecule has 1 aromatic heterocycles. The van der Waals surface area contributed by atoms with Crippen molar-refractivity contribution in [1.82, 2.24) is 15.1 Å². The molecule has 0 bridgehead atoms. The maximum atomic E-state index is 11.7. The van der Waals surface area contributed by atoms with Gasteiger partial charge in [0.2, 0.25) is 0 Å². The van der Waals surface area contributed by atoms with Crippen molar-refractivity contribution in [3.8, 4) is 0 Å². The average molecular weight is 304 g/mol. The maximum Gasteiger partial charge on any atom is 0.152 e. The van der Waals surface area contributed by atoms with Crippen LogP contribution in [-0.4, -0.2) is 42.4 Å². The molecule has 0 atom stereocenters. The summed E-state index contributed by atoms with van der Waals surface area (Å²) in [5.41, 5.74) is 1.82. The van der Waals surface area contributed by atoms with Crippen molar-refractivity contribution in [2.45, 2.75) is 13.3 Å². The molecule has 1 heterocycles. The largest absolute Gasteiger partial charge is 0.383 e. The second-order valence-corrected chi connectivity index (χ2v) is 4.65. The molecule has 0 spiro atoms. The van der Waals surface area contributed by atoms with Crippen molar-refractivity contribution in [3.63, 3.8) is 0 Å². The Hall–Kier alpha value is -0.720. The van der Waals surface area contributed by atoms with Crippen molar-refractivity contribution in [2.24, 2.45) is 7.05 Å². The second kappa shape index (κ2) is 6.88. The summed E-state index contributed by atoms with van der Waals surface area (Å²) in [5.74, 6) is 0.143. The standard InChI is InChI=1S/C11H18BrN3O2/c1-8-11(12)10(15(2)14-8)6-9(16)7-13-4-5-17-3/h13H,4-7H2,1-3H3. The van der Waals surface area contributed by atoms with E-state index < -0.39 is 0 Å². The lowest BCUT2D eigenvalue weighted by atomic mass is 10.2. The Morgan fingerprint density at radius 1 is 1.59 bits per heavy atom. The van der Waals surface area contributed by atoms with Gasteiger partial charge in [0, 0.05) is 20.7 Å². The van der Waals surface area contributed by atoms with Crippen molar-refractivity contribution in [2.75, 3.05) is 26.8 Å². The summed E-state index contributed by atoms with van der Waals surface area (Å²) in [6.45, 7) is 3.57. The number of ketones is 1. The number of carbonyl (C=O) groups is 1. The minimum absolute atomic E-state index is 0.143. The zero-order chi connectivity index (χ0) is 12.8. The first-order chi connectivity index (χ1) is 8.06. The number of ether oxygens (including phenoxy) is 1. The highest BCUT2D eigenvalue weighted by molar-refractivity contribution is 9.10. The maximum absolute atomic E-state index is 11.7. The third-order valence-corrected chi connectivity index (χ3v) is 3.46. The summed E-state index contributed by atoms with van der Waals surface area (Å²) in [7, 11) is 3.48. The Morgan fingerprint density at radius 3 is 2.82 bits per heavy atom. The smallest absolute Gasteiger partial charge is 0.152 e. The number of hydrogen-bond acceptors (Lipinski definition) is 4. The zero-order valence-corrected chi connectivity index (χ0v) is 12.0. The van der Waals surface area contributed by atoms with Crippen LogP contribution in [0.1, 0.15) is 11.4 Å². The van der Waals surface area contributed by atoms with Gasteiger partial charge < -0.3 is 10.1 Å². The molecule has 0 aliphatic carbocycles. The summed E-state index contributed by atoms with van der Waals surface area (Å²) < 4.78 is 7.55. The van der Waals surface area contributed by atoms with Gasteiger partial charge in [0.15, 0.2) is 5.78 Å². The van der Waals surface area contributed by atoms with Gasteiger partial charge >= 0.3 is 0 Å². The van der Waals surface area contributed by atoms with Gasteiger partial charge in [0.25, 0.3) is 0 Å². The van der Waals surface area contributed by atoms with Gasteiger partial charge in [-0.05, 0) is 22.9 Å². The first-order valence-corrected chi connectivity index (χ1v) is 6.25. The fourth-order valence-corrected chi connectivity index (χ4v) is 2.00. The van der Waals surface area contributed by atoms with Crippen LogP contribution in [0.2, 0.25) is 0 Å². The highest BCUT2D eigenvalue weighted by Gasteiger charge is 2.13. The Morgan fingerprint density at radius 2 is 2.29 bits per heavy atom. The van der Waals surface area contributed by atoms with E-state index in [4.69, 9.17) is 4.74 Å². The van der Waals surface area contributed by atoms with Gasteiger partial charge in [-0.2, -0.15) is 5.10 Å². The molecule has 0 aliphatic rings. The van der Waals surface area contributed by atoms with Gasteiger partial charge in [-0.3, -0.25) is 9.48 Å². The summed E-state index contributed by atoms with van der Waals surface area (Å²) >= 11 is 3.45. The van der Waals surface area contributed by atoms with E-state index in [1.807, 2.05) is 14.0 Å². The molecule has 5 nitrogen and oxygen atoms in total. The summed E-state index contributed by atoms with van der Waals surface area (Å²) in [6.07, 6.45) is 0.387. The SMILES string of the molecule is COCCNCC(=O)Cc1c(Br)c(C)nn1C. The molecular weight excluding hydrogens is 286 g/mol. The molecule has 6 heteroatoms. The predicted molar refractivity (Wildman–Crippen MR) is 69.1 cm³/mol. The van der Waals surface area contributed by atoms with Crippen LogP contribution in [0.25, 0.3) is 0 Å². The molecule has 0 unspecified atom stereocenters.